The largest absolute Gasteiger partial charge is 0.490 e. The number of benzene rings is 1. The molecule has 2 unspecified atom stereocenters. The van der Waals surface area contributed by atoms with Gasteiger partial charge in [0.1, 0.15) is 5.69 Å². The molecule has 1 saturated heterocycles. The predicted molar refractivity (Wildman–Crippen MR) is 73.6 cm³/mol. The van der Waals surface area contributed by atoms with Crippen molar-refractivity contribution in [2.24, 2.45) is 11.7 Å². The molecule has 1 aliphatic rings. The van der Waals surface area contributed by atoms with Gasteiger partial charge in [-0.05, 0) is 24.5 Å². The van der Waals surface area contributed by atoms with Gasteiger partial charge in [-0.1, -0.05) is 13.0 Å². The molecule has 1 aromatic rings. The summed E-state index contributed by atoms with van der Waals surface area (Å²) in [5, 5.41) is 11.3. The molecule has 6 heteroatoms. The third-order valence-corrected chi connectivity index (χ3v) is 3.41. The summed E-state index contributed by atoms with van der Waals surface area (Å²) in [4.78, 5) is 12.9. The van der Waals surface area contributed by atoms with E-state index in [1.54, 1.807) is 18.2 Å². The smallest absolute Gasteiger partial charge is 0.333 e. The van der Waals surface area contributed by atoms with Crippen molar-refractivity contribution in [2.75, 3.05) is 25.1 Å². The van der Waals surface area contributed by atoms with Crippen LogP contribution in [0, 0.1) is 16.0 Å². The first-order valence-corrected chi connectivity index (χ1v) is 6.34. The number of anilines is 1. The molecule has 1 fully saturated rings. The number of ether oxygens (including phenoxy) is 1. The number of methoxy groups -OCH3 is 1. The number of nitrogens with two attached hydrogens (primary N) is 1. The predicted octanol–water partition coefficient (Wildman–Crippen LogP) is 1.78. The van der Waals surface area contributed by atoms with Gasteiger partial charge in [0.25, 0.3) is 0 Å². The van der Waals surface area contributed by atoms with Gasteiger partial charge in [-0.25, -0.2) is 0 Å². The van der Waals surface area contributed by atoms with Gasteiger partial charge in [0, 0.05) is 19.1 Å². The number of hydrogen-bond acceptors (Lipinski definition) is 5. The molecule has 6 nitrogen and oxygen atoms in total. The van der Waals surface area contributed by atoms with Crippen LogP contribution in [0.3, 0.4) is 0 Å². The van der Waals surface area contributed by atoms with E-state index in [2.05, 4.69) is 6.92 Å². The quantitative estimate of drug-likeness (QED) is 0.665. The van der Waals surface area contributed by atoms with Gasteiger partial charge in [0.05, 0.1) is 12.0 Å². The van der Waals surface area contributed by atoms with Gasteiger partial charge in [0.2, 0.25) is 0 Å². The lowest BCUT2D eigenvalue weighted by Gasteiger charge is -2.36. The van der Waals surface area contributed by atoms with E-state index < -0.39 is 0 Å². The SMILES string of the molecule is COc1cccc(N2CC(C)CC(N)C2)c1[N+](=O)[O-]. The second kappa shape index (κ2) is 5.44. The van der Waals surface area contributed by atoms with Crippen molar-refractivity contribution >= 4 is 11.4 Å². The summed E-state index contributed by atoms with van der Waals surface area (Å²) in [6.07, 6.45) is 0.953. The minimum Gasteiger partial charge on any atom is -0.490 e. The van der Waals surface area contributed by atoms with Crippen LogP contribution in [0.4, 0.5) is 11.4 Å². The lowest BCUT2D eigenvalue weighted by molar-refractivity contribution is -0.385. The van der Waals surface area contributed by atoms with Crippen LogP contribution in [0.5, 0.6) is 5.75 Å². The van der Waals surface area contributed by atoms with Gasteiger partial charge in [-0.2, -0.15) is 0 Å². The highest BCUT2D eigenvalue weighted by Gasteiger charge is 2.29. The zero-order valence-electron chi connectivity index (χ0n) is 11.2. The van der Waals surface area contributed by atoms with Crippen molar-refractivity contribution in [3.05, 3.63) is 28.3 Å². The Hall–Kier alpha value is -1.82. The van der Waals surface area contributed by atoms with Crippen LogP contribution in [0.25, 0.3) is 0 Å². The highest BCUT2D eigenvalue weighted by molar-refractivity contribution is 5.70. The van der Waals surface area contributed by atoms with E-state index in [1.165, 1.54) is 7.11 Å². The fraction of sp³-hybridized carbons (Fsp3) is 0.538. The van der Waals surface area contributed by atoms with Crippen molar-refractivity contribution in [3.8, 4) is 5.75 Å². The molecule has 0 saturated carbocycles. The molecule has 0 bridgehead atoms. The molecule has 1 aromatic carbocycles. The van der Waals surface area contributed by atoms with Crippen LogP contribution < -0.4 is 15.4 Å². The third-order valence-electron chi connectivity index (χ3n) is 3.41. The fourth-order valence-electron chi connectivity index (χ4n) is 2.71. The number of nitrogens with zero attached hydrogens (tertiary/aromatic N) is 2. The van der Waals surface area contributed by atoms with Gasteiger partial charge in [0.15, 0.2) is 5.75 Å². The first-order valence-electron chi connectivity index (χ1n) is 6.34. The Morgan fingerprint density at radius 1 is 1.47 bits per heavy atom. The van der Waals surface area contributed by atoms with E-state index >= 15 is 0 Å². The second-order valence-electron chi connectivity index (χ2n) is 5.09. The van der Waals surface area contributed by atoms with Crippen LogP contribution in [0.1, 0.15) is 13.3 Å². The summed E-state index contributed by atoms with van der Waals surface area (Å²) in [5.74, 6) is 0.712. The van der Waals surface area contributed by atoms with E-state index in [1.807, 2.05) is 4.90 Å². The summed E-state index contributed by atoms with van der Waals surface area (Å²) in [5.41, 5.74) is 6.62. The number of piperidine rings is 1. The molecule has 0 aromatic heterocycles. The summed E-state index contributed by atoms with van der Waals surface area (Å²) in [7, 11) is 1.44. The van der Waals surface area contributed by atoms with Crippen molar-refractivity contribution in [1.82, 2.24) is 0 Å². The van der Waals surface area contributed by atoms with Gasteiger partial charge < -0.3 is 15.4 Å². The Balaban J connectivity index is 2.41. The average Bonchev–Trinajstić information content (AvgIpc) is 2.36. The average molecular weight is 265 g/mol. The summed E-state index contributed by atoms with van der Waals surface area (Å²) in [6.45, 7) is 3.53. The second-order valence-corrected chi connectivity index (χ2v) is 5.09. The van der Waals surface area contributed by atoms with Crippen LogP contribution in [0.2, 0.25) is 0 Å². The summed E-state index contributed by atoms with van der Waals surface area (Å²) in [6, 6.07) is 5.18. The van der Waals surface area contributed by atoms with Crippen molar-refractivity contribution in [3.63, 3.8) is 0 Å². The number of nitro groups is 1. The molecule has 1 aliphatic heterocycles. The van der Waals surface area contributed by atoms with Crippen molar-refractivity contribution in [1.29, 1.82) is 0 Å². The summed E-state index contributed by atoms with van der Waals surface area (Å²) < 4.78 is 5.09. The highest BCUT2D eigenvalue weighted by Crippen LogP contribution is 2.38. The topological polar surface area (TPSA) is 81.6 Å². The minimum absolute atomic E-state index is 0.0197. The number of para-hydroxylation sites is 1. The Morgan fingerprint density at radius 2 is 2.21 bits per heavy atom. The van der Waals surface area contributed by atoms with E-state index in [0.717, 1.165) is 13.0 Å². The first-order chi connectivity index (χ1) is 9.02. The van der Waals surface area contributed by atoms with Gasteiger partial charge in [-0.3, -0.25) is 10.1 Å². The summed E-state index contributed by atoms with van der Waals surface area (Å²) >= 11 is 0. The van der Waals surface area contributed by atoms with Crippen molar-refractivity contribution < 1.29 is 9.66 Å². The Morgan fingerprint density at radius 3 is 2.79 bits per heavy atom. The van der Waals surface area contributed by atoms with Crippen LogP contribution in [0.15, 0.2) is 18.2 Å². The Bertz CT molecular complexity index is 468. The molecule has 0 spiro atoms. The zero-order chi connectivity index (χ0) is 14.0. The molecule has 2 rings (SSSR count). The molecular weight excluding hydrogens is 246 g/mol. The van der Waals surface area contributed by atoms with E-state index in [4.69, 9.17) is 10.5 Å². The maximum absolute atomic E-state index is 11.3. The Labute approximate surface area is 112 Å². The molecule has 2 atom stereocenters. The van der Waals surface area contributed by atoms with Crippen LogP contribution in [-0.4, -0.2) is 31.2 Å². The Kier molecular flexibility index (Phi) is 3.90. The van der Waals surface area contributed by atoms with E-state index in [9.17, 15) is 10.1 Å². The zero-order valence-corrected chi connectivity index (χ0v) is 11.2. The van der Waals surface area contributed by atoms with Gasteiger partial charge >= 0.3 is 5.69 Å². The normalized spacial score (nSPS) is 23.2. The standard InChI is InChI=1S/C13H19N3O3/c1-9-6-10(14)8-15(7-9)11-4-3-5-12(19-2)13(11)16(17)18/h3-5,9-10H,6-8,14H2,1-2H3. The lowest BCUT2D eigenvalue weighted by atomic mass is 9.96. The number of hydrogen-bond donors (Lipinski definition) is 1. The van der Waals surface area contributed by atoms with E-state index in [-0.39, 0.29) is 22.4 Å². The molecule has 2 N–H and O–H groups in total. The van der Waals surface area contributed by atoms with Crippen LogP contribution >= 0.6 is 0 Å². The third kappa shape index (κ3) is 2.78. The fourth-order valence-corrected chi connectivity index (χ4v) is 2.71. The highest BCUT2D eigenvalue weighted by atomic mass is 16.6. The molecule has 0 aliphatic carbocycles. The van der Waals surface area contributed by atoms with Crippen molar-refractivity contribution in [2.45, 2.75) is 19.4 Å². The molecule has 0 amide bonds. The van der Waals surface area contributed by atoms with Gasteiger partial charge in [-0.15, -0.1) is 0 Å². The van der Waals surface area contributed by atoms with Crippen LogP contribution in [-0.2, 0) is 0 Å². The molecule has 1 heterocycles. The minimum atomic E-state index is -0.390. The molecule has 0 radical (unpaired) electrons. The maximum Gasteiger partial charge on any atom is 0.333 e. The molecule has 19 heavy (non-hydrogen) atoms. The van der Waals surface area contributed by atoms with E-state index in [0.29, 0.717) is 18.2 Å². The molecular formula is C13H19N3O3. The number of rotatable bonds is 3. The first kappa shape index (κ1) is 13.6. The monoisotopic (exact) mass is 265 g/mol. The number of nitro benzene ring substituents is 1. The molecule has 104 valence electrons. The maximum atomic E-state index is 11.3. The lowest BCUT2D eigenvalue weighted by Crippen LogP contribution is -2.46.